The molecule has 8 nitrogen and oxygen atoms in total. The highest BCUT2D eigenvalue weighted by molar-refractivity contribution is 6.07. The number of amides is 5. The summed E-state index contributed by atoms with van der Waals surface area (Å²) in [5, 5.41) is 10.3. The maximum atomic E-state index is 12.4. The van der Waals surface area contributed by atoms with E-state index in [1.807, 2.05) is 6.07 Å². The van der Waals surface area contributed by atoms with Crippen molar-refractivity contribution in [2.75, 3.05) is 5.32 Å². The van der Waals surface area contributed by atoms with E-state index < -0.39 is 17.5 Å². The van der Waals surface area contributed by atoms with E-state index in [2.05, 4.69) is 21.3 Å². The minimum absolute atomic E-state index is 0.0806. The molecule has 5 amide bonds. The molecule has 2 aromatic carbocycles. The first-order chi connectivity index (χ1) is 13.8. The van der Waals surface area contributed by atoms with E-state index in [0.717, 1.165) is 0 Å². The maximum absolute atomic E-state index is 12.4. The van der Waals surface area contributed by atoms with Crippen molar-refractivity contribution in [2.45, 2.75) is 31.8 Å². The van der Waals surface area contributed by atoms with Gasteiger partial charge in [-0.15, -0.1) is 0 Å². The number of rotatable bonds is 6. The van der Waals surface area contributed by atoms with Crippen LogP contribution >= 0.6 is 0 Å². The van der Waals surface area contributed by atoms with Gasteiger partial charge in [0.25, 0.3) is 11.8 Å². The number of urea groups is 1. The SMILES string of the molecule is C[C@H](CC(=O)Nc1cccc([C@]2(C)NC(=O)NC2=O)c1)NC(=O)c1ccccc1. The molecular formula is C21H22N4O4. The van der Waals surface area contributed by atoms with Gasteiger partial charge in [-0.1, -0.05) is 30.3 Å². The lowest BCUT2D eigenvalue weighted by atomic mass is 9.92. The number of anilines is 1. The summed E-state index contributed by atoms with van der Waals surface area (Å²) in [7, 11) is 0. The second kappa shape index (κ2) is 8.14. The number of nitrogens with one attached hydrogen (secondary N) is 4. The van der Waals surface area contributed by atoms with Gasteiger partial charge in [0.05, 0.1) is 0 Å². The number of carbonyl (C=O) groups is 4. The van der Waals surface area contributed by atoms with Crippen LogP contribution in [0.5, 0.6) is 0 Å². The molecule has 1 aliphatic rings. The lowest BCUT2D eigenvalue weighted by molar-refractivity contribution is -0.123. The van der Waals surface area contributed by atoms with Gasteiger partial charge in [-0.2, -0.15) is 0 Å². The van der Waals surface area contributed by atoms with Gasteiger partial charge in [0.15, 0.2) is 0 Å². The second-order valence-electron chi connectivity index (χ2n) is 7.11. The van der Waals surface area contributed by atoms with Crippen molar-refractivity contribution in [1.82, 2.24) is 16.0 Å². The fourth-order valence-electron chi connectivity index (χ4n) is 3.09. The third-order valence-electron chi connectivity index (χ3n) is 4.67. The summed E-state index contributed by atoms with van der Waals surface area (Å²) in [5.41, 5.74) is 0.361. The van der Waals surface area contributed by atoms with Crippen LogP contribution in [0.4, 0.5) is 10.5 Å². The van der Waals surface area contributed by atoms with Crippen molar-refractivity contribution in [3.8, 4) is 0 Å². The molecule has 0 aromatic heterocycles. The highest BCUT2D eigenvalue weighted by Gasteiger charge is 2.43. The van der Waals surface area contributed by atoms with Crippen molar-refractivity contribution in [1.29, 1.82) is 0 Å². The van der Waals surface area contributed by atoms with Gasteiger partial charge in [0, 0.05) is 23.7 Å². The predicted octanol–water partition coefficient (Wildman–Crippen LogP) is 1.89. The van der Waals surface area contributed by atoms with E-state index in [0.29, 0.717) is 16.8 Å². The van der Waals surface area contributed by atoms with E-state index in [1.54, 1.807) is 62.4 Å². The first kappa shape index (κ1) is 20.1. The molecule has 2 atom stereocenters. The van der Waals surface area contributed by atoms with E-state index in [9.17, 15) is 19.2 Å². The smallest absolute Gasteiger partial charge is 0.322 e. The molecule has 0 radical (unpaired) electrons. The summed E-state index contributed by atoms with van der Waals surface area (Å²) >= 11 is 0. The monoisotopic (exact) mass is 394 g/mol. The molecule has 1 heterocycles. The van der Waals surface area contributed by atoms with E-state index in [1.165, 1.54) is 0 Å². The lowest BCUT2D eigenvalue weighted by Crippen LogP contribution is -2.40. The molecule has 0 aliphatic carbocycles. The topological polar surface area (TPSA) is 116 Å². The van der Waals surface area contributed by atoms with Gasteiger partial charge >= 0.3 is 6.03 Å². The fourth-order valence-corrected chi connectivity index (χ4v) is 3.09. The first-order valence-electron chi connectivity index (χ1n) is 9.18. The molecule has 8 heteroatoms. The normalized spacial score (nSPS) is 19.1. The Morgan fingerprint density at radius 1 is 1.07 bits per heavy atom. The quantitative estimate of drug-likeness (QED) is 0.560. The number of carbonyl (C=O) groups excluding carboxylic acids is 4. The zero-order valence-corrected chi connectivity index (χ0v) is 16.1. The Hall–Kier alpha value is -3.68. The standard InChI is InChI=1S/C21H22N4O4/c1-13(22-18(27)14-7-4-3-5-8-14)11-17(26)23-16-10-6-9-15(12-16)21(2)19(28)24-20(29)25-21/h3-10,12-13H,11H2,1-2H3,(H,22,27)(H,23,26)(H2,24,25,28,29)/t13-,21+/m1/s1. The highest BCUT2D eigenvalue weighted by atomic mass is 16.2. The third-order valence-corrected chi connectivity index (χ3v) is 4.67. The molecule has 0 bridgehead atoms. The summed E-state index contributed by atoms with van der Waals surface area (Å²) in [4.78, 5) is 48.1. The van der Waals surface area contributed by atoms with E-state index in [4.69, 9.17) is 0 Å². The summed E-state index contributed by atoms with van der Waals surface area (Å²) in [6.45, 7) is 3.34. The van der Waals surface area contributed by atoms with E-state index in [-0.39, 0.29) is 24.3 Å². The van der Waals surface area contributed by atoms with Gasteiger partial charge in [0.1, 0.15) is 5.54 Å². The lowest BCUT2D eigenvalue weighted by Gasteiger charge is -2.22. The van der Waals surface area contributed by atoms with Crippen LogP contribution in [-0.2, 0) is 15.1 Å². The van der Waals surface area contributed by atoms with Crippen LogP contribution < -0.4 is 21.3 Å². The Balaban J connectivity index is 1.60. The van der Waals surface area contributed by atoms with Gasteiger partial charge < -0.3 is 16.0 Å². The van der Waals surface area contributed by atoms with Gasteiger partial charge in [0.2, 0.25) is 5.91 Å². The Kier molecular flexibility index (Phi) is 5.63. The van der Waals surface area contributed by atoms with Crippen LogP contribution in [-0.4, -0.2) is 29.8 Å². The number of hydrogen-bond acceptors (Lipinski definition) is 4. The van der Waals surface area contributed by atoms with Crippen LogP contribution in [0.1, 0.15) is 36.2 Å². The molecule has 3 rings (SSSR count). The van der Waals surface area contributed by atoms with Crippen molar-refractivity contribution in [3.05, 3.63) is 65.7 Å². The molecule has 1 fully saturated rings. The van der Waals surface area contributed by atoms with Crippen molar-refractivity contribution >= 4 is 29.4 Å². The minimum atomic E-state index is -1.20. The number of hydrogen-bond donors (Lipinski definition) is 4. The second-order valence-corrected chi connectivity index (χ2v) is 7.11. The maximum Gasteiger partial charge on any atom is 0.322 e. The highest BCUT2D eigenvalue weighted by Crippen LogP contribution is 2.26. The van der Waals surface area contributed by atoms with Crippen molar-refractivity contribution in [3.63, 3.8) is 0 Å². The molecule has 29 heavy (non-hydrogen) atoms. The zero-order valence-electron chi connectivity index (χ0n) is 16.1. The van der Waals surface area contributed by atoms with Crippen LogP contribution in [0.25, 0.3) is 0 Å². The average molecular weight is 394 g/mol. The molecule has 0 saturated carbocycles. The van der Waals surface area contributed by atoms with Crippen LogP contribution in [0.3, 0.4) is 0 Å². The van der Waals surface area contributed by atoms with Gasteiger partial charge in [-0.05, 0) is 43.7 Å². The minimum Gasteiger partial charge on any atom is -0.349 e. The zero-order chi connectivity index (χ0) is 21.0. The molecule has 0 spiro atoms. The van der Waals surface area contributed by atoms with Crippen molar-refractivity contribution in [2.24, 2.45) is 0 Å². The molecule has 150 valence electrons. The summed E-state index contributed by atoms with van der Waals surface area (Å²) in [6.07, 6.45) is 0.0806. The Morgan fingerprint density at radius 3 is 2.45 bits per heavy atom. The molecule has 4 N–H and O–H groups in total. The van der Waals surface area contributed by atoms with Crippen molar-refractivity contribution < 1.29 is 19.2 Å². The molecule has 1 saturated heterocycles. The number of imide groups is 1. The molecule has 2 aromatic rings. The van der Waals surface area contributed by atoms with Crippen LogP contribution in [0.15, 0.2) is 54.6 Å². The van der Waals surface area contributed by atoms with Crippen LogP contribution in [0.2, 0.25) is 0 Å². The fraction of sp³-hybridized carbons (Fsp3) is 0.238. The Bertz CT molecular complexity index is 960. The Labute approximate surface area is 168 Å². The van der Waals surface area contributed by atoms with Gasteiger partial charge in [-0.3, -0.25) is 19.7 Å². The van der Waals surface area contributed by atoms with Crippen LogP contribution in [0, 0.1) is 0 Å². The van der Waals surface area contributed by atoms with Gasteiger partial charge in [-0.25, -0.2) is 4.79 Å². The summed E-state index contributed by atoms with van der Waals surface area (Å²) < 4.78 is 0. The van der Waals surface area contributed by atoms with E-state index >= 15 is 0 Å². The summed E-state index contributed by atoms with van der Waals surface area (Å²) in [5.74, 6) is -0.986. The summed E-state index contributed by atoms with van der Waals surface area (Å²) in [6, 6.07) is 14.5. The molecular weight excluding hydrogens is 372 g/mol. The third kappa shape index (κ3) is 4.60. The number of benzene rings is 2. The molecule has 1 aliphatic heterocycles. The Morgan fingerprint density at radius 2 is 1.79 bits per heavy atom. The largest absolute Gasteiger partial charge is 0.349 e. The average Bonchev–Trinajstić information content (AvgIpc) is 2.95. The molecule has 0 unspecified atom stereocenters. The predicted molar refractivity (Wildman–Crippen MR) is 107 cm³/mol. The first-order valence-corrected chi connectivity index (χ1v) is 9.18.